The summed E-state index contributed by atoms with van der Waals surface area (Å²) in [6.07, 6.45) is 10.3. The van der Waals surface area contributed by atoms with Crippen LogP contribution in [-0.4, -0.2) is 42.7 Å². The molecule has 0 aromatic rings. The Morgan fingerprint density at radius 2 is 1.58 bits per heavy atom. The van der Waals surface area contributed by atoms with Crippen LogP contribution in [0, 0.1) is 5.92 Å². The van der Waals surface area contributed by atoms with E-state index in [1.54, 1.807) is 6.92 Å². The zero-order valence-corrected chi connectivity index (χ0v) is 16.8. The Bertz CT molecular complexity index is 435. The molecule has 5 heteroatoms. The lowest BCUT2D eigenvalue weighted by Crippen LogP contribution is -2.38. The lowest BCUT2D eigenvalue weighted by atomic mass is 9.84. The highest BCUT2D eigenvalue weighted by atomic mass is 16.5. The predicted molar refractivity (Wildman–Crippen MR) is 102 cm³/mol. The van der Waals surface area contributed by atoms with E-state index in [-0.39, 0.29) is 23.7 Å². The average Bonchev–Trinajstić information content (AvgIpc) is 2.60. The van der Waals surface area contributed by atoms with Crippen molar-refractivity contribution < 1.29 is 19.1 Å². The van der Waals surface area contributed by atoms with Crippen LogP contribution < -0.4 is 5.32 Å². The molecule has 0 radical (unpaired) electrons. The zero-order chi connectivity index (χ0) is 18.9. The van der Waals surface area contributed by atoms with Crippen LogP contribution in [0.3, 0.4) is 0 Å². The quantitative estimate of drug-likeness (QED) is 0.630. The van der Waals surface area contributed by atoms with Crippen molar-refractivity contribution in [3.05, 3.63) is 0 Å². The molecular formula is C21H37NO4. The van der Waals surface area contributed by atoms with Gasteiger partial charge in [-0.05, 0) is 78.6 Å². The Labute approximate surface area is 158 Å². The van der Waals surface area contributed by atoms with Crippen LogP contribution in [0.5, 0.6) is 0 Å². The first kappa shape index (κ1) is 21.4. The van der Waals surface area contributed by atoms with Gasteiger partial charge in [0.15, 0.2) is 0 Å². The summed E-state index contributed by atoms with van der Waals surface area (Å²) in [5, 5.41) is 3.12. The number of ketones is 1. The number of carbonyl (C=O) groups excluding carboxylic acids is 2. The summed E-state index contributed by atoms with van der Waals surface area (Å²) in [4.78, 5) is 23.5. The van der Waals surface area contributed by atoms with Crippen LogP contribution in [0.4, 0.5) is 0 Å². The van der Waals surface area contributed by atoms with Gasteiger partial charge < -0.3 is 14.8 Å². The van der Waals surface area contributed by atoms with E-state index in [0.717, 1.165) is 57.8 Å². The van der Waals surface area contributed by atoms with Gasteiger partial charge in [0.1, 0.15) is 5.78 Å². The number of hydrogen-bond acceptors (Lipinski definition) is 4. The molecule has 0 saturated heterocycles. The third-order valence-corrected chi connectivity index (χ3v) is 5.65. The van der Waals surface area contributed by atoms with E-state index in [2.05, 4.69) is 19.2 Å². The van der Waals surface area contributed by atoms with E-state index in [1.807, 2.05) is 0 Å². The smallest absolute Gasteiger partial charge is 0.220 e. The number of amides is 1. The minimum atomic E-state index is 0.119. The van der Waals surface area contributed by atoms with Gasteiger partial charge in [-0.2, -0.15) is 0 Å². The summed E-state index contributed by atoms with van der Waals surface area (Å²) in [5.74, 6) is 0.614. The van der Waals surface area contributed by atoms with E-state index < -0.39 is 0 Å². The van der Waals surface area contributed by atoms with Gasteiger partial charge in [0, 0.05) is 25.0 Å². The second-order valence-electron chi connectivity index (χ2n) is 8.28. The fraction of sp³-hybridized carbons (Fsp3) is 0.905. The maximum atomic E-state index is 12.1. The maximum absolute atomic E-state index is 12.1. The highest BCUT2D eigenvalue weighted by molar-refractivity contribution is 5.78. The van der Waals surface area contributed by atoms with Gasteiger partial charge in [-0.3, -0.25) is 9.59 Å². The third-order valence-electron chi connectivity index (χ3n) is 5.65. The molecule has 0 bridgehead atoms. The van der Waals surface area contributed by atoms with Gasteiger partial charge in [0.2, 0.25) is 5.91 Å². The number of carbonyl (C=O) groups is 2. The van der Waals surface area contributed by atoms with E-state index >= 15 is 0 Å². The SMILES string of the molecule is CC(=O)[C@H]1CC[C@@H](NC(=O)CCCO[C@H]2CC[C@@H](OC(C)C)CC2)CC1. The van der Waals surface area contributed by atoms with Crippen molar-refractivity contribution in [1.82, 2.24) is 5.32 Å². The normalized spacial score (nSPS) is 29.5. The van der Waals surface area contributed by atoms with Crippen molar-refractivity contribution in [3.8, 4) is 0 Å². The van der Waals surface area contributed by atoms with E-state index in [0.29, 0.717) is 31.3 Å². The molecule has 0 aliphatic heterocycles. The predicted octanol–water partition coefficient (Wildman–Crippen LogP) is 3.78. The van der Waals surface area contributed by atoms with Crippen molar-refractivity contribution in [2.45, 2.75) is 109 Å². The molecule has 0 spiro atoms. The van der Waals surface area contributed by atoms with E-state index in [1.165, 1.54) is 0 Å². The van der Waals surface area contributed by atoms with Gasteiger partial charge >= 0.3 is 0 Å². The van der Waals surface area contributed by atoms with E-state index in [9.17, 15) is 9.59 Å². The summed E-state index contributed by atoms with van der Waals surface area (Å²) in [5.41, 5.74) is 0. The van der Waals surface area contributed by atoms with Gasteiger partial charge in [-0.1, -0.05) is 0 Å². The Kier molecular flexibility index (Phi) is 9.06. The van der Waals surface area contributed by atoms with Gasteiger partial charge in [0.05, 0.1) is 18.3 Å². The first-order chi connectivity index (χ1) is 12.4. The molecule has 2 saturated carbocycles. The maximum Gasteiger partial charge on any atom is 0.220 e. The zero-order valence-electron chi connectivity index (χ0n) is 16.8. The summed E-state index contributed by atoms with van der Waals surface area (Å²) >= 11 is 0. The van der Waals surface area contributed by atoms with Crippen molar-refractivity contribution in [2.24, 2.45) is 5.92 Å². The minimum absolute atomic E-state index is 0.119. The monoisotopic (exact) mass is 367 g/mol. The lowest BCUT2D eigenvalue weighted by Gasteiger charge is -2.30. The van der Waals surface area contributed by atoms with Gasteiger partial charge in [0.25, 0.3) is 0 Å². The summed E-state index contributed by atoms with van der Waals surface area (Å²) in [6.45, 7) is 6.50. The first-order valence-electron chi connectivity index (χ1n) is 10.5. The second kappa shape index (κ2) is 11.0. The Morgan fingerprint density at radius 1 is 0.962 bits per heavy atom. The van der Waals surface area contributed by atoms with Crippen molar-refractivity contribution in [3.63, 3.8) is 0 Å². The molecule has 2 rings (SSSR count). The molecule has 2 aliphatic carbocycles. The highest BCUT2D eigenvalue weighted by Gasteiger charge is 2.25. The molecule has 26 heavy (non-hydrogen) atoms. The lowest BCUT2D eigenvalue weighted by molar-refractivity contribution is -0.123. The fourth-order valence-corrected chi connectivity index (χ4v) is 4.15. The van der Waals surface area contributed by atoms with Crippen LogP contribution in [0.1, 0.15) is 85.0 Å². The van der Waals surface area contributed by atoms with Crippen LogP contribution in [0.2, 0.25) is 0 Å². The van der Waals surface area contributed by atoms with Gasteiger partial charge in [-0.25, -0.2) is 0 Å². The molecule has 2 fully saturated rings. The van der Waals surface area contributed by atoms with Gasteiger partial charge in [-0.15, -0.1) is 0 Å². The number of hydrogen-bond donors (Lipinski definition) is 1. The second-order valence-corrected chi connectivity index (χ2v) is 8.28. The molecule has 0 heterocycles. The molecule has 1 amide bonds. The van der Waals surface area contributed by atoms with Crippen molar-refractivity contribution >= 4 is 11.7 Å². The summed E-state index contributed by atoms with van der Waals surface area (Å²) in [7, 11) is 0. The molecule has 150 valence electrons. The number of ether oxygens (including phenoxy) is 2. The largest absolute Gasteiger partial charge is 0.378 e. The molecule has 0 unspecified atom stereocenters. The molecular weight excluding hydrogens is 330 g/mol. The fourth-order valence-electron chi connectivity index (χ4n) is 4.15. The van der Waals surface area contributed by atoms with Crippen LogP contribution in [0.15, 0.2) is 0 Å². The Hall–Kier alpha value is -0.940. The number of Topliss-reactive ketones (excluding diaryl/α,β-unsaturated/α-hetero) is 1. The highest BCUT2D eigenvalue weighted by Crippen LogP contribution is 2.26. The Balaban J connectivity index is 1.50. The molecule has 5 nitrogen and oxygen atoms in total. The van der Waals surface area contributed by atoms with Crippen LogP contribution in [0.25, 0.3) is 0 Å². The number of rotatable bonds is 9. The van der Waals surface area contributed by atoms with E-state index in [4.69, 9.17) is 9.47 Å². The molecule has 1 N–H and O–H groups in total. The average molecular weight is 368 g/mol. The first-order valence-corrected chi connectivity index (χ1v) is 10.5. The van der Waals surface area contributed by atoms with Crippen molar-refractivity contribution in [1.29, 1.82) is 0 Å². The molecule has 0 aromatic heterocycles. The van der Waals surface area contributed by atoms with Crippen LogP contribution in [-0.2, 0) is 19.1 Å². The molecule has 0 atom stereocenters. The van der Waals surface area contributed by atoms with Crippen molar-refractivity contribution in [2.75, 3.05) is 6.61 Å². The third kappa shape index (κ3) is 7.75. The Morgan fingerprint density at radius 3 is 2.15 bits per heavy atom. The summed E-state index contributed by atoms with van der Waals surface area (Å²) in [6, 6.07) is 0.246. The number of nitrogens with one attached hydrogen (secondary N) is 1. The molecule has 0 aromatic carbocycles. The minimum Gasteiger partial charge on any atom is -0.378 e. The van der Waals surface area contributed by atoms with Crippen LogP contribution >= 0.6 is 0 Å². The standard InChI is InChI=1S/C21H37NO4/c1-15(2)26-20-12-10-19(11-13-20)25-14-4-5-21(24)22-18-8-6-17(7-9-18)16(3)23/h15,17-20H,4-14H2,1-3H3,(H,22,24)/t17-,18+,19-,20+. The molecule has 2 aliphatic rings. The summed E-state index contributed by atoms with van der Waals surface area (Å²) < 4.78 is 11.8. The topological polar surface area (TPSA) is 64.6 Å².